The predicted molar refractivity (Wildman–Crippen MR) is 61.7 cm³/mol. The van der Waals surface area contributed by atoms with Crippen molar-refractivity contribution in [1.82, 2.24) is 4.72 Å². The van der Waals surface area contributed by atoms with Crippen LogP contribution in [0.1, 0.15) is 16.7 Å². The van der Waals surface area contributed by atoms with Crippen LogP contribution in [-0.2, 0) is 15.9 Å². The standard InChI is InChI=1S/C10H14ClNO2S/c1-7-4-8(2)10(5-9(7)6-11)15(13,14)12-3/h4-5,12H,6H2,1-3H3. The van der Waals surface area contributed by atoms with Crippen LogP contribution in [0, 0.1) is 13.8 Å². The van der Waals surface area contributed by atoms with Crippen molar-refractivity contribution in [2.24, 2.45) is 0 Å². The summed E-state index contributed by atoms with van der Waals surface area (Å²) in [6, 6.07) is 3.46. The number of halogens is 1. The Bertz CT molecular complexity index is 469. The summed E-state index contributed by atoms with van der Waals surface area (Å²) in [7, 11) is -1.99. The first kappa shape index (κ1) is 12.5. The zero-order valence-electron chi connectivity index (χ0n) is 8.96. The first-order valence-corrected chi connectivity index (χ1v) is 6.53. The second-order valence-electron chi connectivity index (χ2n) is 3.39. The smallest absolute Gasteiger partial charge is 0.214 e. The quantitative estimate of drug-likeness (QED) is 0.830. The first-order chi connectivity index (χ1) is 6.92. The molecular weight excluding hydrogens is 234 g/mol. The van der Waals surface area contributed by atoms with E-state index in [1.54, 1.807) is 13.0 Å². The van der Waals surface area contributed by atoms with E-state index in [4.69, 9.17) is 11.6 Å². The van der Waals surface area contributed by atoms with Gasteiger partial charge in [0.1, 0.15) is 0 Å². The van der Waals surface area contributed by atoms with E-state index in [0.717, 1.165) is 16.7 Å². The Balaban J connectivity index is 3.44. The minimum absolute atomic E-state index is 0.297. The van der Waals surface area contributed by atoms with Crippen molar-refractivity contribution >= 4 is 21.6 Å². The van der Waals surface area contributed by atoms with Gasteiger partial charge in [-0.2, -0.15) is 0 Å². The van der Waals surface area contributed by atoms with E-state index in [9.17, 15) is 8.42 Å². The molecule has 1 N–H and O–H groups in total. The van der Waals surface area contributed by atoms with Crippen LogP contribution >= 0.6 is 11.6 Å². The van der Waals surface area contributed by atoms with Gasteiger partial charge in [-0.05, 0) is 43.7 Å². The van der Waals surface area contributed by atoms with Crippen LogP contribution in [0.25, 0.3) is 0 Å². The summed E-state index contributed by atoms with van der Waals surface area (Å²) in [6.45, 7) is 3.69. The molecule has 0 aliphatic carbocycles. The summed E-state index contributed by atoms with van der Waals surface area (Å²) in [5.41, 5.74) is 2.59. The van der Waals surface area contributed by atoms with Gasteiger partial charge >= 0.3 is 0 Å². The van der Waals surface area contributed by atoms with E-state index < -0.39 is 10.0 Å². The molecule has 15 heavy (non-hydrogen) atoms. The van der Waals surface area contributed by atoms with Crippen LogP contribution in [0.3, 0.4) is 0 Å². The maximum absolute atomic E-state index is 11.6. The highest BCUT2D eigenvalue weighted by Crippen LogP contribution is 2.21. The van der Waals surface area contributed by atoms with Crippen molar-refractivity contribution in [1.29, 1.82) is 0 Å². The molecule has 0 fully saturated rings. The van der Waals surface area contributed by atoms with Crippen molar-refractivity contribution in [3.05, 3.63) is 28.8 Å². The number of alkyl halides is 1. The van der Waals surface area contributed by atoms with E-state index in [1.807, 2.05) is 13.0 Å². The molecule has 0 aromatic heterocycles. The van der Waals surface area contributed by atoms with Gasteiger partial charge in [-0.3, -0.25) is 0 Å². The molecule has 0 atom stereocenters. The van der Waals surface area contributed by atoms with E-state index in [1.165, 1.54) is 7.05 Å². The van der Waals surface area contributed by atoms with Gasteiger partial charge in [0, 0.05) is 5.88 Å². The van der Waals surface area contributed by atoms with Crippen LogP contribution in [0.4, 0.5) is 0 Å². The summed E-state index contributed by atoms with van der Waals surface area (Å²) < 4.78 is 25.6. The molecule has 0 unspecified atom stereocenters. The van der Waals surface area contributed by atoms with Gasteiger partial charge in [-0.25, -0.2) is 13.1 Å². The number of nitrogens with one attached hydrogen (secondary N) is 1. The monoisotopic (exact) mass is 247 g/mol. The summed E-state index contributed by atoms with van der Waals surface area (Å²) >= 11 is 5.73. The lowest BCUT2D eigenvalue weighted by atomic mass is 10.1. The van der Waals surface area contributed by atoms with Crippen LogP contribution in [0.5, 0.6) is 0 Å². The Morgan fingerprint density at radius 3 is 2.33 bits per heavy atom. The van der Waals surface area contributed by atoms with Gasteiger partial charge in [0.2, 0.25) is 10.0 Å². The topological polar surface area (TPSA) is 46.2 Å². The molecule has 0 aliphatic heterocycles. The maximum atomic E-state index is 11.6. The number of hydrogen-bond acceptors (Lipinski definition) is 2. The van der Waals surface area contributed by atoms with Crippen molar-refractivity contribution in [2.75, 3.05) is 7.05 Å². The van der Waals surface area contributed by atoms with Gasteiger partial charge < -0.3 is 0 Å². The predicted octanol–water partition coefficient (Wildman–Crippen LogP) is 1.95. The maximum Gasteiger partial charge on any atom is 0.240 e. The third-order valence-corrected chi connectivity index (χ3v) is 4.18. The number of benzene rings is 1. The van der Waals surface area contributed by atoms with Gasteiger partial charge in [0.05, 0.1) is 4.90 Å². The minimum Gasteiger partial charge on any atom is -0.214 e. The largest absolute Gasteiger partial charge is 0.240 e. The molecule has 0 saturated carbocycles. The Morgan fingerprint density at radius 1 is 1.27 bits per heavy atom. The minimum atomic E-state index is -3.39. The van der Waals surface area contributed by atoms with Gasteiger partial charge in [-0.15, -0.1) is 11.6 Å². The Labute approximate surface area is 95.5 Å². The number of aryl methyl sites for hydroxylation is 2. The van der Waals surface area contributed by atoms with Gasteiger partial charge in [0.25, 0.3) is 0 Å². The highest BCUT2D eigenvalue weighted by molar-refractivity contribution is 7.89. The fourth-order valence-electron chi connectivity index (χ4n) is 1.42. The summed E-state index contributed by atoms with van der Waals surface area (Å²) in [4.78, 5) is 0.297. The zero-order chi connectivity index (χ0) is 11.6. The molecule has 0 aliphatic rings. The lowest BCUT2D eigenvalue weighted by Gasteiger charge is -2.10. The van der Waals surface area contributed by atoms with E-state index >= 15 is 0 Å². The Morgan fingerprint density at radius 2 is 1.87 bits per heavy atom. The van der Waals surface area contributed by atoms with Crippen LogP contribution < -0.4 is 4.72 Å². The van der Waals surface area contributed by atoms with Gasteiger partial charge in [-0.1, -0.05) is 6.07 Å². The normalized spacial score (nSPS) is 11.7. The molecule has 3 nitrogen and oxygen atoms in total. The fourth-order valence-corrected chi connectivity index (χ4v) is 2.71. The van der Waals surface area contributed by atoms with Crippen LogP contribution in [-0.4, -0.2) is 15.5 Å². The number of sulfonamides is 1. The van der Waals surface area contributed by atoms with Crippen LogP contribution in [0.15, 0.2) is 17.0 Å². The highest BCUT2D eigenvalue weighted by Gasteiger charge is 2.15. The molecule has 0 spiro atoms. The van der Waals surface area contributed by atoms with Gasteiger partial charge in [0.15, 0.2) is 0 Å². The Kier molecular flexibility index (Phi) is 3.76. The molecule has 1 aromatic carbocycles. The second-order valence-corrected chi connectivity index (χ2v) is 5.51. The number of rotatable bonds is 3. The third-order valence-electron chi connectivity index (χ3n) is 2.34. The molecular formula is C10H14ClNO2S. The molecule has 1 aromatic rings. The third kappa shape index (κ3) is 2.51. The van der Waals surface area contributed by atoms with Crippen LogP contribution in [0.2, 0.25) is 0 Å². The molecule has 1 rings (SSSR count). The Hall–Kier alpha value is -0.580. The zero-order valence-corrected chi connectivity index (χ0v) is 10.5. The molecule has 0 bridgehead atoms. The lowest BCUT2D eigenvalue weighted by molar-refractivity contribution is 0.587. The molecule has 0 saturated heterocycles. The molecule has 5 heteroatoms. The average molecular weight is 248 g/mol. The van der Waals surface area contributed by atoms with E-state index in [0.29, 0.717) is 10.8 Å². The first-order valence-electron chi connectivity index (χ1n) is 4.52. The molecule has 84 valence electrons. The lowest BCUT2D eigenvalue weighted by Crippen LogP contribution is -2.20. The van der Waals surface area contributed by atoms with Crippen molar-refractivity contribution in [3.8, 4) is 0 Å². The fraction of sp³-hybridized carbons (Fsp3) is 0.400. The van der Waals surface area contributed by atoms with Crippen molar-refractivity contribution in [3.63, 3.8) is 0 Å². The average Bonchev–Trinajstić information content (AvgIpc) is 2.17. The second kappa shape index (κ2) is 4.51. The summed E-state index contributed by atoms with van der Waals surface area (Å²) in [5.74, 6) is 0.318. The molecule has 0 radical (unpaired) electrons. The van der Waals surface area contributed by atoms with Crippen molar-refractivity contribution < 1.29 is 8.42 Å². The highest BCUT2D eigenvalue weighted by atomic mass is 35.5. The molecule has 0 amide bonds. The number of hydrogen-bond donors (Lipinski definition) is 1. The van der Waals surface area contributed by atoms with E-state index in [2.05, 4.69) is 4.72 Å². The summed E-state index contributed by atoms with van der Waals surface area (Å²) in [5, 5.41) is 0. The van der Waals surface area contributed by atoms with Crippen molar-refractivity contribution in [2.45, 2.75) is 24.6 Å². The van der Waals surface area contributed by atoms with E-state index in [-0.39, 0.29) is 0 Å². The molecule has 0 heterocycles. The SMILES string of the molecule is CNS(=O)(=O)c1cc(CCl)c(C)cc1C. The summed E-state index contributed by atoms with van der Waals surface area (Å²) in [6.07, 6.45) is 0.